The lowest BCUT2D eigenvalue weighted by atomic mass is 10.1. The maximum Gasteiger partial charge on any atom is 0.241 e. The normalized spacial score (nSPS) is 12.5. The summed E-state index contributed by atoms with van der Waals surface area (Å²) in [7, 11) is -3.61. The van der Waals surface area contributed by atoms with Gasteiger partial charge in [0.2, 0.25) is 15.9 Å². The highest BCUT2D eigenvalue weighted by molar-refractivity contribution is 7.92. The van der Waals surface area contributed by atoms with Gasteiger partial charge in [-0.15, -0.1) is 0 Å². The Morgan fingerprint density at radius 1 is 1.12 bits per heavy atom. The molecular formula is C19H23ClN2O3S. The lowest BCUT2D eigenvalue weighted by molar-refractivity contribution is -0.120. The number of sulfonamides is 1. The maximum atomic E-state index is 12.4. The number of nitrogens with one attached hydrogen (secondary N) is 1. The van der Waals surface area contributed by atoms with Crippen LogP contribution in [-0.4, -0.2) is 27.1 Å². The molecule has 0 fully saturated rings. The van der Waals surface area contributed by atoms with E-state index in [0.29, 0.717) is 10.7 Å². The molecule has 0 spiro atoms. The standard InChI is InChI=1S/C19H23ClN2O3S/c1-4-15-5-7-16(8-6-15)14(2)21-19(23)13-22(26(3,24)25)18-11-9-17(20)10-12-18/h5-12,14H,4,13H2,1-3H3,(H,21,23)/t14-/m0/s1. The number of hydrogen-bond acceptors (Lipinski definition) is 3. The first-order valence-corrected chi connectivity index (χ1v) is 10.5. The Bertz CT molecular complexity index is 849. The van der Waals surface area contributed by atoms with Crippen molar-refractivity contribution in [3.05, 3.63) is 64.7 Å². The highest BCUT2D eigenvalue weighted by Crippen LogP contribution is 2.20. The molecule has 0 radical (unpaired) electrons. The number of benzene rings is 2. The van der Waals surface area contributed by atoms with Gasteiger partial charge in [0.25, 0.3) is 0 Å². The predicted molar refractivity (Wildman–Crippen MR) is 106 cm³/mol. The SMILES string of the molecule is CCc1ccc([C@H](C)NC(=O)CN(c2ccc(Cl)cc2)S(C)(=O)=O)cc1. The first-order valence-electron chi connectivity index (χ1n) is 8.32. The van der Waals surface area contributed by atoms with E-state index < -0.39 is 10.0 Å². The van der Waals surface area contributed by atoms with Gasteiger partial charge in [-0.3, -0.25) is 9.10 Å². The molecule has 1 N–H and O–H groups in total. The van der Waals surface area contributed by atoms with E-state index in [0.717, 1.165) is 22.5 Å². The molecule has 140 valence electrons. The largest absolute Gasteiger partial charge is 0.348 e. The van der Waals surface area contributed by atoms with Crippen LogP contribution in [0.25, 0.3) is 0 Å². The van der Waals surface area contributed by atoms with Crippen LogP contribution < -0.4 is 9.62 Å². The van der Waals surface area contributed by atoms with Crippen molar-refractivity contribution in [2.45, 2.75) is 26.3 Å². The summed E-state index contributed by atoms with van der Waals surface area (Å²) in [5.41, 5.74) is 2.58. The summed E-state index contributed by atoms with van der Waals surface area (Å²) in [4.78, 5) is 12.4. The van der Waals surface area contributed by atoms with Crippen molar-refractivity contribution in [3.8, 4) is 0 Å². The number of halogens is 1. The van der Waals surface area contributed by atoms with Crippen molar-refractivity contribution >= 4 is 33.2 Å². The number of amides is 1. The Morgan fingerprint density at radius 2 is 1.69 bits per heavy atom. The van der Waals surface area contributed by atoms with Gasteiger partial charge < -0.3 is 5.32 Å². The molecule has 1 amide bonds. The van der Waals surface area contributed by atoms with Gasteiger partial charge >= 0.3 is 0 Å². The summed E-state index contributed by atoms with van der Waals surface area (Å²) in [5, 5.41) is 3.34. The topological polar surface area (TPSA) is 66.5 Å². The first kappa shape index (κ1) is 20.3. The van der Waals surface area contributed by atoms with Crippen molar-refractivity contribution < 1.29 is 13.2 Å². The molecule has 0 aliphatic rings. The zero-order valence-electron chi connectivity index (χ0n) is 15.1. The second-order valence-corrected chi connectivity index (χ2v) is 8.47. The van der Waals surface area contributed by atoms with Crippen LogP contribution >= 0.6 is 11.6 Å². The molecule has 0 saturated carbocycles. The van der Waals surface area contributed by atoms with Crippen LogP contribution in [0.2, 0.25) is 5.02 Å². The van der Waals surface area contributed by atoms with Gasteiger partial charge in [-0.25, -0.2) is 8.42 Å². The number of carbonyl (C=O) groups is 1. The summed E-state index contributed by atoms with van der Waals surface area (Å²) in [6.45, 7) is 3.65. The van der Waals surface area contributed by atoms with E-state index in [2.05, 4.69) is 12.2 Å². The summed E-state index contributed by atoms with van der Waals surface area (Å²) >= 11 is 5.85. The van der Waals surface area contributed by atoms with Gasteiger partial charge in [0.1, 0.15) is 6.54 Å². The molecule has 0 aliphatic heterocycles. The van der Waals surface area contributed by atoms with E-state index in [4.69, 9.17) is 11.6 Å². The molecule has 2 aromatic carbocycles. The minimum atomic E-state index is -3.61. The molecule has 0 saturated heterocycles. The zero-order valence-corrected chi connectivity index (χ0v) is 16.6. The summed E-state index contributed by atoms with van der Waals surface area (Å²) < 4.78 is 25.2. The van der Waals surface area contributed by atoms with Crippen LogP contribution in [0.5, 0.6) is 0 Å². The predicted octanol–water partition coefficient (Wildman–Crippen LogP) is 3.55. The molecule has 1 atom stereocenters. The van der Waals surface area contributed by atoms with E-state index in [1.807, 2.05) is 31.2 Å². The highest BCUT2D eigenvalue weighted by atomic mass is 35.5. The number of aryl methyl sites for hydroxylation is 1. The first-order chi connectivity index (χ1) is 12.2. The number of anilines is 1. The highest BCUT2D eigenvalue weighted by Gasteiger charge is 2.21. The minimum absolute atomic E-state index is 0.222. The average molecular weight is 395 g/mol. The summed E-state index contributed by atoms with van der Waals surface area (Å²) in [6.07, 6.45) is 2.02. The molecular weight excluding hydrogens is 372 g/mol. The fraction of sp³-hybridized carbons (Fsp3) is 0.316. The van der Waals surface area contributed by atoms with Gasteiger partial charge in [0.15, 0.2) is 0 Å². The second kappa shape index (κ2) is 8.56. The zero-order chi connectivity index (χ0) is 19.3. The fourth-order valence-corrected chi connectivity index (χ4v) is 3.53. The molecule has 0 aromatic heterocycles. The van der Waals surface area contributed by atoms with Crippen molar-refractivity contribution in [2.24, 2.45) is 0 Å². The Hall–Kier alpha value is -2.05. The summed E-state index contributed by atoms with van der Waals surface area (Å²) in [5.74, 6) is -0.377. The molecule has 0 unspecified atom stereocenters. The molecule has 0 bridgehead atoms. The Labute approximate surface area is 160 Å². The van der Waals surface area contributed by atoms with Crippen LogP contribution in [0.15, 0.2) is 48.5 Å². The van der Waals surface area contributed by atoms with Crippen LogP contribution in [0, 0.1) is 0 Å². The molecule has 7 heteroatoms. The van der Waals surface area contributed by atoms with Gasteiger partial charge in [-0.2, -0.15) is 0 Å². The fourth-order valence-electron chi connectivity index (χ4n) is 2.55. The van der Waals surface area contributed by atoms with E-state index in [1.54, 1.807) is 24.3 Å². The van der Waals surface area contributed by atoms with Gasteiger partial charge in [0.05, 0.1) is 18.0 Å². The number of nitrogens with zero attached hydrogens (tertiary/aromatic N) is 1. The molecule has 2 aromatic rings. The monoisotopic (exact) mass is 394 g/mol. The van der Waals surface area contributed by atoms with Crippen LogP contribution in [0.3, 0.4) is 0 Å². The molecule has 0 aliphatic carbocycles. The van der Waals surface area contributed by atoms with Crippen molar-refractivity contribution in [3.63, 3.8) is 0 Å². The van der Waals surface area contributed by atoms with Gasteiger partial charge in [0, 0.05) is 5.02 Å². The van der Waals surface area contributed by atoms with Crippen LogP contribution in [-0.2, 0) is 21.2 Å². The second-order valence-electron chi connectivity index (χ2n) is 6.13. The van der Waals surface area contributed by atoms with E-state index in [9.17, 15) is 13.2 Å². The lowest BCUT2D eigenvalue weighted by Gasteiger charge is -2.23. The number of rotatable bonds is 7. The number of hydrogen-bond donors (Lipinski definition) is 1. The van der Waals surface area contributed by atoms with E-state index in [-0.39, 0.29) is 18.5 Å². The molecule has 26 heavy (non-hydrogen) atoms. The third-order valence-corrected chi connectivity index (χ3v) is 5.46. The quantitative estimate of drug-likeness (QED) is 0.780. The van der Waals surface area contributed by atoms with Crippen molar-refractivity contribution in [2.75, 3.05) is 17.1 Å². The molecule has 2 rings (SSSR count). The lowest BCUT2D eigenvalue weighted by Crippen LogP contribution is -2.41. The van der Waals surface area contributed by atoms with Crippen LogP contribution in [0.1, 0.15) is 31.0 Å². The third kappa shape index (κ3) is 5.47. The van der Waals surface area contributed by atoms with Gasteiger partial charge in [-0.05, 0) is 48.7 Å². The minimum Gasteiger partial charge on any atom is -0.348 e. The molecule has 0 heterocycles. The maximum absolute atomic E-state index is 12.4. The Kier molecular flexibility index (Phi) is 6.67. The van der Waals surface area contributed by atoms with Crippen molar-refractivity contribution in [1.82, 2.24) is 5.32 Å². The van der Waals surface area contributed by atoms with Gasteiger partial charge in [-0.1, -0.05) is 42.8 Å². The van der Waals surface area contributed by atoms with Crippen LogP contribution in [0.4, 0.5) is 5.69 Å². The summed E-state index contributed by atoms with van der Waals surface area (Å²) in [6, 6.07) is 14.1. The average Bonchev–Trinajstić information content (AvgIpc) is 2.59. The van der Waals surface area contributed by atoms with E-state index in [1.165, 1.54) is 5.56 Å². The Balaban J connectivity index is 2.10. The third-order valence-electron chi connectivity index (χ3n) is 4.07. The van der Waals surface area contributed by atoms with Crippen molar-refractivity contribution in [1.29, 1.82) is 0 Å². The smallest absolute Gasteiger partial charge is 0.241 e. The Morgan fingerprint density at radius 3 is 2.19 bits per heavy atom. The van der Waals surface area contributed by atoms with E-state index >= 15 is 0 Å². The number of carbonyl (C=O) groups excluding carboxylic acids is 1. The molecule has 5 nitrogen and oxygen atoms in total.